The molecule has 0 atom stereocenters. The van der Waals surface area contributed by atoms with Crippen molar-refractivity contribution in [3.8, 4) is 0 Å². The van der Waals surface area contributed by atoms with Crippen molar-refractivity contribution in [1.82, 2.24) is 14.8 Å². The maximum absolute atomic E-state index is 5.29. The fourth-order valence-electron chi connectivity index (χ4n) is 2.36. The molecule has 2 aromatic rings. The van der Waals surface area contributed by atoms with Crippen LogP contribution < -0.4 is 0 Å². The number of nitrogens with zero attached hydrogens (tertiary/aromatic N) is 2. The van der Waals surface area contributed by atoms with Gasteiger partial charge in [0.25, 0.3) is 0 Å². The Balaban J connectivity index is 1.78. The normalized spacial score (nSPS) is 14.9. The number of rotatable bonds is 4. The van der Waals surface area contributed by atoms with Crippen molar-refractivity contribution < 1.29 is 0 Å². The summed E-state index contributed by atoms with van der Waals surface area (Å²) in [7, 11) is 0. The van der Waals surface area contributed by atoms with E-state index in [0.29, 0.717) is 6.04 Å². The third kappa shape index (κ3) is 2.25. The molecule has 94 valence electrons. The first-order valence-corrected chi connectivity index (χ1v) is 6.87. The van der Waals surface area contributed by atoms with Crippen LogP contribution in [0.25, 0.3) is 0 Å². The molecular formula is C14H17N3S. The van der Waals surface area contributed by atoms with Crippen LogP contribution in [0.3, 0.4) is 0 Å². The molecule has 0 radical (unpaired) electrons. The van der Waals surface area contributed by atoms with Gasteiger partial charge in [-0.3, -0.25) is 5.10 Å². The summed E-state index contributed by atoms with van der Waals surface area (Å²) in [5.41, 5.74) is 2.75. The average molecular weight is 259 g/mol. The van der Waals surface area contributed by atoms with E-state index in [9.17, 15) is 0 Å². The van der Waals surface area contributed by atoms with Crippen LogP contribution in [-0.4, -0.2) is 14.8 Å². The summed E-state index contributed by atoms with van der Waals surface area (Å²) in [6, 6.07) is 9.13. The number of aryl methyl sites for hydroxylation is 3. The largest absolute Gasteiger partial charge is 0.301 e. The van der Waals surface area contributed by atoms with E-state index in [-0.39, 0.29) is 0 Å². The molecule has 1 aliphatic rings. The topological polar surface area (TPSA) is 33.6 Å². The van der Waals surface area contributed by atoms with Gasteiger partial charge in [0.05, 0.1) is 0 Å². The van der Waals surface area contributed by atoms with Gasteiger partial charge in [0.15, 0.2) is 4.77 Å². The minimum Gasteiger partial charge on any atom is -0.301 e. The zero-order chi connectivity index (χ0) is 12.5. The minimum atomic E-state index is 0.600. The Labute approximate surface area is 112 Å². The molecule has 0 bridgehead atoms. The molecule has 4 heteroatoms. The summed E-state index contributed by atoms with van der Waals surface area (Å²) < 4.78 is 2.98. The predicted molar refractivity (Wildman–Crippen MR) is 74.3 cm³/mol. The Morgan fingerprint density at radius 3 is 2.83 bits per heavy atom. The summed E-state index contributed by atoms with van der Waals surface area (Å²) in [6.45, 7) is 2.16. The average Bonchev–Trinajstić information content (AvgIpc) is 3.13. The Morgan fingerprint density at radius 2 is 2.11 bits per heavy atom. The quantitative estimate of drug-likeness (QED) is 0.854. The highest BCUT2D eigenvalue weighted by atomic mass is 32.1. The number of H-pyrrole nitrogens is 1. The number of aromatic nitrogens is 3. The first-order valence-electron chi connectivity index (χ1n) is 6.46. The van der Waals surface area contributed by atoms with Crippen LogP contribution in [-0.2, 0) is 12.8 Å². The number of hydrogen-bond donors (Lipinski definition) is 1. The van der Waals surface area contributed by atoms with Gasteiger partial charge in [-0.25, -0.2) is 0 Å². The van der Waals surface area contributed by atoms with E-state index in [1.54, 1.807) is 0 Å². The maximum Gasteiger partial charge on any atom is 0.195 e. The summed E-state index contributed by atoms with van der Waals surface area (Å²) in [5.74, 6) is 1.10. The molecule has 0 spiro atoms. The molecule has 0 amide bonds. The molecule has 1 aliphatic carbocycles. The Hall–Kier alpha value is -1.42. The van der Waals surface area contributed by atoms with Crippen molar-refractivity contribution >= 4 is 12.2 Å². The number of hydrogen-bond acceptors (Lipinski definition) is 2. The van der Waals surface area contributed by atoms with E-state index in [0.717, 1.165) is 23.4 Å². The molecule has 1 fully saturated rings. The van der Waals surface area contributed by atoms with Gasteiger partial charge in [-0.2, -0.15) is 5.10 Å². The number of aromatic amines is 1. The van der Waals surface area contributed by atoms with Gasteiger partial charge in [0, 0.05) is 12.5 Å². The lowest BCUT2D eigenvalue weighted by Crippen LogP contribution is -2.04. The summed E-state index contributed by atoms with van der Waals surface area (Å²) >= 11 is 5.29. The first kappa shape index (κ1) is 11.7. The molecule has 0 aliphatic heterocycles. The molecule has 1 aromatic carbocycles. The Bertz CT molecular complexity index is 607. The van der Waals surface area contributed by atoms with Crippen LogP contribution >= 0.6 is 12.2 Å². The minimum absolute atomic E-state index is 0.600. The lowest BCUT2D eigenvalue weighted by molar-refractivity contribution is 0.666. The van der Waals surface area contributed by atoms with Crippen LogP contribution in [0.2, 0.25) is 0 Å². The van der Waals surface area contributed by atoms with Crippen molar-refractivity contribution in [1.29, 1.82) is 0 Å². The smallest absolute Gasteiger partial charge is 0.195 e. The van der Waals surface area contributed by atoms with Gasteiger partial charge in [-0.15, -0.1) is 0 Å². The summed E-state index contributed by atoms with van der Waals surface area (Å²) in [6.07, 6.45) is 4.46. The Kier molecular flexibility index (Phi) is 3.04. The van der Waals surface area contributed by atoms with Gasteiger partial charge in [0.1, 0.15) is 5.82 Å². The number of benzene rings is 1. The molecule has 0 saturated heterocycles. The zero-order valence-electron chi connectivity index (χ0n) is 10.5. The molecular weight excluding hydrogens is 242 g/mol. The van der Waals surface area contributed by atoms with Gasteiger partial charge in [-0.1, -0.05) is 24.3 Å². The molecule has 1 heterocycles. The van der Waals surface area contributed by atoms with E-state index in [1.165, 1.54) is 24.0 Å². The van der Waals surface area contributed by atoms with Crippen LogP contribution in [0.5, 0.6) is 0 Å². The Morgan fingerprint density at radius 1 is 1.33 bits per heavy atom. The third-order valence-corrected chi connectivity index (χ3v) is 3.86. The number of nitrogens with one attached hydrogen (secondary N) is 1. The maximum atomic E-state index is 5.29. The van der Waals surface area contributed by atoms with Crippen LogP contribution in [0.15, 0.2) is 24.3 Å². The van der Waals surface area contributed by atoms with Gasteiger partial charge >= 0.3 is 0 Å². The third-order valence-electron chi connectivity index (χ3n) is 3.57. The van der Waals surface area contributed by atoms with Gasteiger partial charge in [0.2, 0.25) is 0 Å². The summed E-state index contributed by atoms with van der Waals surface area (Å²) in [5, 5.41) is 7.29. The van der Waals surface area contributed by atoms with E-state index in [1.807, 2.05) is 0 Å². The van der Waals surface area contributed by atoms with Gasteiger partial charge < -0.3 is 4.57 Å². The highest BCUT2D eigenvalue weighted by molar-refractivity contribution is 7.71. The van der Waals surface area contributed by atoms with E-state index < -0.39 is 0 Å². The lowest BCUT2D eigenvalue weighted by atomic mass is 10.0. The van der Waals surface area contributed by atoms with Gasteiger partial charge in [-0.05, 0) is 49.5 Å². The van der Waals surface area contributed by atoms with E-state index in [2.05, 4.69) is 46.0 Å². The fourth-order valence-corrected chi connectivity index (χ4v) is 2.66. The van der Waals surface area contributed by atoms with Crippen molar-refractivity contribution in [2.24, 2.45) is 0 Å². The SMILES string of the molecule is Cc1ccccc1CCc1n[nH]c(=S)n1C1CC1. The molecule has 1 N–H and O–H groups in total. The van der Waals surface area contributed by atoms with E-state index in [4.69, 9.17) is 12.2 Å². The molecule has 3 nitrogen and oxygen atoms in total. The fraction of sp³-hybridized carbons (Fsp3) is 0.429. The lowest BCUT2D eigenvalue weighted by Gasteiger charge is -2.06. The van der Waals surface area contributed by atoms with Crippen molar-refractivity contribution in [2.45, 2.75) is 38.6 Å². The van der Waals surface area contributed by atoms with Crippen molar-refractivity contribution in [3.05, 3.63) is 46.0 Å². The van der Waals surface area contributed by atoms with Crippen LogP contribution in [0.4, 0.5) is 0 Å². The van der Waals surface area contributed by atoms with Crippen molar-refractivity contribution in [2.75, 3.05) is 0 Å². The molecule has 18 heavy (non-hydrogen) atoms. The second-order valence-corrected chi connectivity index (χ2v) is 5.36. The molecule has 0 unspecified atom stereocenters. The zero-order valence-corrected chi connectivity index (χ0v) is 11.3. The molecule has 1 saturated carbocycles. The monoisotopic (exact) mass is 259 g/mol. The van der Waals surface area contributed by atoms with Crippen LogP contribution in [0.1, 0.15) is 35.8 Å². The van der Waals surface area contributed by atoms with Crippen LogP contribution in [0, 0.1) is 11.7 Å². The second kappa shape index (κ2) is 4.69. The first-order chi connectivity index (χ1) is 8.75. The second-order valence-electron chi connectivity index (χ2n) is 4.97. The highest BCUT2D eigenvalue weighted by Gasteiger charge is 2.26. The molecule has 1 aromatic heterocycles. The molecule has 3 rings (SSSR count). The van der Waals surface area contributed by atoms with Crippen molar-refractivity contribution in [3.63, 3.8) is 0 Å². The highest BCUT2D eigenvalue weighted by Crippen LogP contribution is 2.35. The standard InChI is InChI=1S/C14H17N3S/c1-10-4-2-3-5-11(10)6-9-13-15-16-14(18)17(13)12-7-8-12/h2-5,12H,6-9H2,1H3,(H,16,18). The predicted octanol–water partition coefficient (Wildman–Crippen LogP) is 3.37. The summed E-state index contributed by atoms with van der Waals surface area (Å²) in [4.78, 5) is 0. The van der Waals surface area contributed by atoms with E-state index >= 15 is 0 Å².